The summed E-state index contributed by atoms with van der Waals surface area (Å²) in [6.45, 7) is -0.180. The van der Waals surface area contributed by atoms with Crippen molar-refractivity contribution >= 4 is 39.9 Å². The van der Waals surface area contributed by atoms with E-state index >= 15 is 0 Å². The van der Waals surface area contributed by atoms with Crippen LogP contribution in [0.15, 0.2) is 84.9 Å². The number of fused-ring (bicyclic) bond motifs is 2. The molecular weight excluding hydrogens is 432 g/mol. The largest absolute Gasteiger partial charge is 0.494 e. The van der Waals surface area contributed by atoms with E-state index in [9.17, 15) is 14.4 Å². The molecule has 0 aromatic heterocycles. The molecule has 0 spiro atoms. The molecule has 0 bridgehead atoms. The number of hydrogen-bond acceptors (Lipinski definition) is 5. The second kappa shape index (κ2) is 8.71. The summed E-state index contributed by atoms with van der Waals surface area (Å²) < 4.78 is 11.0. The highest BCUT2D eigenvalue weighted by Crippen LogP contribution is 2.36. The van der Waals surface area contributed by atoms with Crippen LogP contribution in [-0.2, 0) is 4.79 Å². The summed E-state index contributed by atoms with van der Waals surface area (Å²) in [4.78, 5) is 39.1. The van der Waals surface area contributed by atoms with Gasteiger partial charge in [0, 0.05) is 11.8 Å². The highest BCUT2D eigenvalue weighted by molar-refractivity contribution is 6.34. The van der Waals surface area contributed by atoms with E-state index in [0.29, 0.717) is 28.3 Å². The first kappa shape index (κ1) is 21.2. The predicted octanol–water partition coefficient (Wildman–Crippen LogP) is 4.67. The molecule has 4 aromatic carbocycles. The number of nitrogens with one attached hydrogen (secondary N) is 1. The van der Waals surface area contributed by atoms with E-state index < -0.39 is 11.8 Å². The molecule has 3 amide bonds. The summed E-state index contributed by atoms with van der Waals surface area (Å²) in [5.74, 6) is -0.321. The van der Waals surface area contributed by atoms with Crippen LogP contribution in [0.5, 0.6) is 11.5 Å². The monoisotopic (exact) mass is 452 g/mol. The number of carbonyl (C=O) groups excluding carboxylic acids is 3. The average Bonchev–Trinajstić information content (AvgIpc) is 3.12. The first-order valence-corrected chi connectivity index (χ1v) is 10.6. The Labute approximate surface area is 195 Å². The van der Waals surface area contributed by atoms with Gasteiger partial charge in [-0.05, 0) is 47.2 Å². The zero-order valence-electron chi connectivity index (χ0n) is 18.3. The quantitative estimate of drug-likeness (QED) is 0.430. The molecule has 0 atom stereocenters. The number of ether oxygens (including phenoxy) is 2. The van der Waals surface area contributed by atoms with Crippen LogP contribution < -0.4 is 19.7 Å². The van der Waals surface area contributed by atoms with Crippen LogP contribution in [-0.4, -0.2) is 31.4 Å². The summed E-state index contributed by atoms with van der Waals surface area (Å²) in [6, 6.07) is 24.9. The minimum absolute atomic E-state index is 0.180. The van der Waals surface area contributed by atoms with Crippen LogP contribution in [0.4, 0.5) is 11.4 Å². The van der Waals surface area contributed by atoms with Gasteiger partial charge in [0.1, 0.15) is 11.5 Å². The molecule has 0 saturated carbocycles. The number of nitrogens with zero attached hydrogens (tertiary/aromatic N) is 1. The van der Waals surface area contributed by atoms with E-state index in [4.69, 9.17) is 9.47 Å². The Morgan fingerprint density at radius 2 is 1.50 bits per heavy atom. The molecular formula is C27H20N2O5. The molecule has 1 heterocycles. The van der Waals surface area contributed by atoms with Crippen molar-refractivity contribution in [3.63, 3.8) is 0 Å². The molecule has 4 aromatic rings. The van der Waals surface area contributed by atoms with E-state index in [2.05, 4.69) is 5.32 Å². The number of anilines is 2. The number of methoxy groups -OCH3 is 1. The lowest BCUT2D eigenvalue weighted by atomic mass is 10.1. The number of benzene rings is 4. The van der Waals surface area contributed by atoms with E-state index in [1.165, 1.54) is 7.11 Å². The van der Waals surface area contributed by atoms with Crippen molar-refractivity contribution in [1.29, 1.82) is 0 Å². The third-order valence-corrected chi connectivity index (χ3v) is 5.59. The molecule has 1 aliphatic rings. The van der Waals surface area contributed by atoms with Crippen molar-refractivity contribution in [3.8, 4) is 11.5 Å². The fourth-order valence-electron chi connectivity index (χ4n) is 3.95. The lowest BCUT2D eigenvalue weighted by Crippen LogP contribution is -2.29. The Hall–Kier alpha value is -4.65. The summed E-state index contributed by atoms with van der Waals surface area (Å²) in [5.41, 5.74) is 1.44. The maximum absolute atomic E-state index is 12.8. The molecule has 5 rings (SSSR count). The molecule has 1 aliphatic heterocycles. The van der Waals surface area contributed by atoms with Crippen LogP contribution in [0.3, 0.4) is 0 Å². The first-order valence-electron chi connectivity index (χ1n) is 10.6. The molecule has 0 radical (unpaired) electrons. The maximum Gasteiger partial charge on any atom is 0.266 e. The topological polar surface area (TPSA) is 84.9 Å². The van der Waals surface area contributed by atoms with E-state index in [1.54, 1.807) is 42.5 Å². The highest BCUT2D eigenvalue weighted by atomic mass is 16.5. The average molecular weight is 452 g/mol. The first-order chi connectivity index (χ1) is 16.5. The molecule has 0 unspecified atom stereocenters. The summed E-state index contributed by atoms with van der Waals surface area (Å²) in [5, 5.41) is 4.86. The van der Waals surface area contributed by atoms with Crippen molar-refractivity contribution in [1.82, 2.24) is 0 Å². The Balaban J connectivity index is 1.29. The number of rotatable bonds is 6. The lowest BCUT2D eigenvalue weighted by Gasteiger charge is -2.18. The summed E-state index contributed by atoms with van der Waals surface area (Å²) in [7, 11) is 1.44. The molecule has 7 nitrogen and oxygen atoms in total. The zero-order chi connectivity index (χ0) is 23.7. The van der Waals surface area contributed by atoms with Gasteiger partial charge in [-0.1, -0.05) is 42.5 Å². The summed E-state index contributed by atoms with van der Waals surface area (Å²) in [6.07, 6.45) is 0. The molecule has 0 fully saturated rings. The van der Waals surface area contributed by atoms with E-state index in [-0.39, 0.29) is 18.3 Å². The van der Waals surface area contributed by atoms with Crippen molar-refractivity contribution in [3.05, 3.63) is 96.1 Å². The molecule has 0 saturated heterocycles. The highest BCUT2D eigenvalue weighted by Gasteiger charge is 2.37. The third-order valence-electron chi connectivity index (χ3n) is 5.59. The minimum atomic E-state index is -0.417. The molecule has 34 heavy (non-hydrogen) atoms. The fourth-order valence-corrected chi connectivity index (χ4v) is 3.95. The van der Waals surface area contributed by atoms with E-state index in [1.807, 2.05) is 42.5 Å². The van der Waals surface area contributed by atoms with Gasteiger partial charge < -0.3 is 14.8 Å². The normalized spacial score (nSPS) is 12.6. The second-order valence-corrected chi connectivity index (χ2v) is 7.72. The minimum Gasteiger partial charge on any atom is -0.494 e. The van der Waals surface area contributed by atoms with Crippen LogP contribution in [0.2, 0.25) is 0 Å². The van der Waals surface area contributed by atoms with Gasteiger partial charge in [0.05, 0.1) is 23.9 Å². The fraction of sp³-hybridized carbons (Fsp3) is 0.0741. The number of imide groups is 1. The number of hydrogen-bond donors (Lipinski definition) is 1. The van der Waals surface area contributed by atoms with Gasteiger partial charge >= 0.3 is 0 Å². The van der Waals surface area contributed by atoms with Crippen LogP contribution >= 0.6 is 0 Å². The molecule has 1 N–H and O–H groups in total. The molecule has 168 valence electrons. The Morgan fingerprint density at radius 1 is 0.824 bits per heavy atom. The molecule has 0 aliphatic carbocycles. The van der Waals surface area contributed by atoms with Crippen molar-refractivity contribution in [2.75, 3.05) is 23.9 Å². The van der Waals surface area contributed by atoms with Crippen molar-refractivity contribution in [2.24, 2.45) is 0 Å². The van der Waals surface area contributed by atoms with Gasteiger partial charge in [0.25, 0.3) is 17.7 Å². The smallest absolute Gasteiger partial charge is 0.266 e. The predicted molar refractivity (Wildman–Crippen MR) is 129 cm³/mol. The van der Waals surface area contributed by atoms with Crippen molar-refractivity contribution < 1.29 is 23.9 Å². The van der Waals surface area contributed by atoms with Crippen LogP contribution in [0, 0.1) is 0 Å². The lowest BCUT2D eigenvalue weighted by molar-refractivity contribution is -0.118. The second-order valence-electron chi connectivity index (χ2n) is 7.72. The Bertz CT molecular complexity index is 1410. The zero-order valence-corrected chi connectivity index (χ0v) is 18.3. The Morgan fingerprint density at radius 3 is 2.21 bits per heavy atom. The number of amides is 3. The standard InChI is InChI=1S/C27H20N2O5/c1-33-24-15-19(11-13-23(24)29-26(31)21-8-4-5-9-22(21)27(29)32)28-25(30)16-34-20-12-10-17-6-2-3-7-18(17)14-20/h2-15H,16H2,1H3,(H,28,30). The van der Waals surface area contributed by atoms with Gasteiger partial charge in [-0.25, -0.2) is 4.90 Å². The van der Waals surface area contributed by atoms with E-state index in [0.717, 1.165) is 15.7 Å². The van der Waals surface area contributed by atoms with Gasteiger partial charge in [0.2, 0.25) is 0 Å². The van der Waals surface area contributed by atoms with Gasteiger partial charge in [0.15, 0.2) is 6.61 Å². The van der Waals surface area contributed by atoms with Crippen molar-refractivity contribution in [2.45, 2.75) is 0 Å². The SMILES string of the molecule is COc1cc(NC(=O)COc2ccc3ccccc3c2)ccc1N1C(=O)c2ccccc2C1=O. The van der Waals surface area contributed by atoms with Gasteiger partial charge in [-0.3, -0.25) is 14.4 Å². The summed E-state index contributed by atoms with van der Waals surface area (Å²) >= 11 is 0. The number of carbonyl (C=O) groups is 3. The van der Waals surface area contributed by atoms with Crippen LogP contribution in [0.25, 0.3) is 10.8 Å². The third kappa shape index (κ3) is 3.84. The Kier molecular flexibility index (Phi) is 5.43. The maximum atomic E-state index is 12.8. The molecule has 7 heteroatoms. The van der Waals surface area contributed by atoms with Gasteiger partial charge in [-0.15, -0.1) is 0 Å². The van der Waals surface area contributed by atoms with Gasteiger partial charge in [-0.2, -0.15) is 0 Å². The van der Waals surface area contributed by atoms with Crippen LogP contribution in [0.1, 0.15) is 20.7 Å².